The number of amides is 1. The van der Waals surface area contributed by atoms with Crippen LogP contribution in [0.25, 0.3) is 0 Å². The van der Waals surface area contributed by atoms with Crippen molar-refractivity contribution in [3.05, 3.63) is 23.8 Å². The SMILES string of the molecule is CC(C)CCN1C(=O)C(C)(C)Oc2ccc(CN)cc21. The van der Waals surface area contributed by atoms with Crippen LogP contribution in [0.4, 0.5) is 5.69 Å². The number of ether oxygens (including phenoxy) is 1. The van der Waals surface area contributed by atoms with Gasteiger partial charge >= 0.3 is 0 Å². The molecule has 0 atom stereocenters. The van der Waals surface area contributed by atoms with Crippen molar-refractivity contribution in [1.82, 2.24) is 0 Å². The van der Waals surface area contributed by atoms with Crippen molar-refractivity contribution in [3.8, 4) is 5.75 Å². The van der Waals surface area contributed by atoms with Crippen LogP contribution in [0.1, 0.15) is 39.7 Å². The van der Waals surface area contributed by atoms with Gasteiger partial charge in [-0.2, -0.15) is 0 Å². The quantitative estimate of drug-likeness (QED) is 0.920. The standard InChI is InChI=1S/C16H24N2O2/c1-11(2)7-8-18-13-9-12(10-17)5-6-14(13)20-16(3,4)15(18)19/h5-6,9,11H,7-8,10,17H2,1-4H3. The Morgan fingerprint density at radius 3 is 2.65 bits per heavy atom. The van der Waals surface area contributed by atoms with E-state index >= 15 is 0 Å². The minimum absolute atomic E-state index is 0.0137. The topological polar surface area (TPSA) is 55.6 Å². The normalized spacial score (nSPS) is 17.1. The molecule has 1 aromatic carbocycles. The Labute approximate surface area is 120 Å². The summed E-state index contributed by atoms with van der Waals surface area (Å²) in [4.78, 5) is 14.4. The second-order valence-corrected chi connectivity index (χ2v) is 6.26. The van der Waals surface area contributed by atoms with Crippen molar-refractivity contribution in [3.63, 3.8) is 0 Å². The smallest absolute Gasteiger partial charge is 0.270 e. The maximum absolute atomic E-state index is 12.6. The van der Waals surface area contributed by atoms with Crippen LogP contribution >= 0.6 is 0 Å². The molecule has 20 heavy (non-hydrogen) atoms. The van der Waals surface area contributed by atoms with Gasteiger partial charge in [-0.05, 0) is 43.9 Å². The predicted octanol–water partition coefficient (Wildman–Crippen LogP) is 2.70. The fraction of sp³-hybridized carbons (Fsp3) is 0.562. The number of rotatable bonds is 4. The van der Waals surface area contributed by atoms with E-state index in [2.05, 4.69) is 13.8 Å². The molecule has 0 radical (unpaired) electrons. The average Bonchev–Trinajstić information content (AvgIpc) is 2.38. The van der Waals surface area contributed by atoms with Crippen LogP contribution in [-0.4, -0.2) is 18.1 Å². The Hall–Kier alpha value is -1.55. The van der Waals surface area contributed by atoms with Crippen molar-refractivity contribution in [2.75, 3.05) is 11.4 Å². The van der Waals surface area contributed by atoms with Gasteiger partial charge in [-0.25, -0.2) is 0 Å². The van der Waals surface area contributed by atoms with Gasteiger partial charge in [0.2, 0.25) is 0 Å². The Kier molecular flexibility index (Phi) is 4.04. The minimum atomic E-state index is -0.811. The third-order valence-electron chi connectivity index (χ3n) is 3.61. The number of anilines is 1. The molecule has 0 spiro atoms. The fourth-order valence-corrected chi connectivity index (χ4v) is 2.35. The first kappa shape index (κ1) is 14.9. The lowest BCUT2D eigenvalue weighted by Crippen LogP contribution is -2.53. The molecule has 4 heteroatoms. The van der Waals surface area contributed by atoms with Gasteiger partial charge in [0.25, 0.3) is 5.91 Å². The molecule has 0 bridgehead atoms. The lowest BCUT2D eigenvalue weighted by atomic mass is 10.0. The van der Waals surface area contributed by atoms with E-state index in [4.69, 9.17) is 10.5 Å². The predicted molar refractivity (Wildman–Crippen MR) is 80.8 cm³/mol. The molecule has 1 aliphatic rings. The molecule has 0 unspecified atom stereocenters. The Morgan fingerprint density at radius 2 is 2.05 bits per heavy atom. The number of benzene rings is 1. The van der Waals surface area contributed by atoms with Gasteiger partial charge in [0.1, 0.15) is 5.75 Å². The van der Waals surface area contributed by atoms with E-state index in [9.17, 15) is 4.79 Å². The monoisotopic (exact) mass is 276 g/mol. The highest BCUT2D eigenvalue weighted by Gasteiger charge is 2.40. The molecular formula is C16H24N2O2. The van der Waals surface area contributed by atoms with Crippen molar-refractivity contribution in [2.45, 2.75) is 46.3 Å². The van der Waals surface area contributed by atoms with E-state index < -0.39 is 5.60 Å². The van der Waals surface area contributed by atoms with Gasteiger partial charge in [-0.1, -0.05) is 19.9 Å². The van der Waals surface area contributed by atoms with E-state index in [0.29, 0.717) is 19.0 Å². The number of fused-ring (bicyclic) bond motifs is 1. The number of carbonyl (C=O) groups excluding carboxylic acids is 1. The third kappa shape index (κ3) is 2.80. The summed E-state index contributed by atoms with van der Waals surface area (Å²) in [6, 6.07) is 5.82. The van der Waals surface area contributed by atoms with Crippen LogP contribution in [0.15, 0.2) is 18.2 Å². The van der Waals surface area contributed by atoms with Crippen LogP contribution in [0, 0.1) is 5.92 Å². The average molecular weight is 276 g/mol. The van der Waals surface area contributed by atoms with E-state index in [1.54, 1.807) is 0 Å². The van der Waals surface area contributed by atoms with Crippen LogP contribution in [-0.2, 0) is 11.3 Å². The summed E-state index contributed by atoms with van der Waals surface area (Å²) in [6.45, 7) is 9.13. The Bertz CT molecular complexity index is 509. The molecule has 1 heterocycles. The highest BCUT2D eigenvalue weighted by molar-refractivity contribution is 6.02. The lowest BCUT2D eigenvalue weighted by molar-refractivity contribution is -0.132. The minimum Gasteiger partial charge on any atom is -0.476 e. The first-order valence-electron chi connectivity index (χ1n) is 7.19. The third-order valence-corrected chi connectivity index (χ3v) is 3.61. The highest BCUT2D eigenvalue weighted by atomic mass is 16.5. The molecule has 1 aromatic rings. The molecule has 2 rings (SSSR count). The number of hydrogen-bond acceptors (Lipinski definition) is 3. The number of carbonyl (C=O) groups is 1. The second kappa shape index (κ2) is 5.44. The number of nitrogens with zero attached hydrogens (tertiary/aromatic N) is 1. The van der Waals surface area contributed by atoms with Gasteiger partial charge in [0.15, 0.2) is 5.60 Å². The Balaban J connectivity index is 2.40. The zero-order valence-corrected chi connectivity index (χ0v) is 12.8. The van der Waals surface area contributed by atoms with Gasteiger partial charge in [-0.15, -0.1) is 0 Å². The Morgan fingerprint density at radius 1 is 1.35 bits per heavy atom. The summed E-state index contributed by atoms with van der Waals surface area (Å²) in [5, 5.41) is 0. The molecule has 0 saturated carbocycles. The summed E-state index contributed by atoms with van der Waals surface area (Å²) in [7, 11) is 0. The summed E-state index contributed by atoms with van der Waals surface area (Å²) in [5.74, 6) is 1.32. The van der Waals surface area contributed by atoms with Crippen LogP contribution in [0.5, 0.6) is 5.75 Å². The summed E-state index contributed by atoms with van der Waals surface area (Å²) >= 11 is 0. The summed E-state index contributed by atoms with van der Waals surface area (Å²) in [5.41, 5.74) is 6.74. The lowest BCUT2D eigenvalue weighted by Gasteiger charge is -2.39. The molecular weight excluding hydrogens is 252 g/mol. The fourth-order valence-electron chi connectivity index (χ4n) is 2.35. The second-order valence-electron chi connectivity index (χ2n) is 6.26. The first-order chi connectivity index (χ1) is 9.35. The first-order valence-corrected chi connectivity index (χ1v) is 7.19. The van der Waals surface area contributed by atoms with Crippen molar-refractivity contribution in [1.29, 1.82) is 0 Å². The molecule has 0 aliphatic carbocycles. The zero-order chi connectivity index (χ0) is 14.9. The van der Waals surface area contributed by atoms with E-state index in [-0.39, 0.29) is 5.91 Å². The van der Waals surface area contributed by atoms with Crippen molar-refractivity contribution in [2.24, 2.45) is 11.7 Å². The van der Waals surface area contributed by atoms with Gasteiger partial charge < -0.3 is 15.4 Å². The molecule has 1 aliphatic heterocycles. The largest absolute Gasteiger partial charge is 0.476 e. The van der Waals surface area contributed by atoms with E-state index in [0.717, 1.165) is 23.4 Å². The van der Waals surface area contributed by atoms with Crippen LogP contribution in [0.3, 0.4) is 0 Å². The molecule has 0 saturated heterocycles. The van der Waals surface area contributed by atoms with Gasteiger partial charge in [0.05, 0.1) is 5.69 Å². The van der Waals surface area contributed by atoms with Crippen LogP contribution in [0.2, 0.25) is 0 Å². The van der Waals surface area contributed by atoms with E-state index in [1.165, 1.54) is 0 Å². The highest BCUT2D eigenvalue weighted by Crippen LogP contribution is 2.38. The molecule has 0 fully saturated rings. The van der Waals surface area contributed by atoms with Crippen molar-refractivity contribution >= 4 is 11.6 Å². The van der Waals surface area contributed by atoms with E-state index in [1.807, 2.05) is 36.9 Å². The maximum Gasteiger partial charge on any atom is 0.270 e. The molecule has 0 aromatic heterocycles. The number of nitrogens with two attached hydrogens (primary N) is 1. The summed E-state index contributed by atoms with van der Waals surface area (Å²) < 4.78 is 5.84. The van der Waals surface area contributed by atoms with Gasteiger partial charge in [0, 0.05) is 13.1 Å². The zero-order valence-electron chi connectivity index (χ0n) is 12.8. The molecule has 4 nitrogen and oxygen atoms in total. The summed E-state index contributed by atoms with van der Waals surface area (Å²) in [6.07, 6.45) is 0.966. The molecule has 2 N–H and O–H groups in total. The number of hydrogen-bond donors (Lipinski definition) is 1. The van der Waals surface area contributed by atoms with Crippen LogP contribution < -0.4 is 15.4 Å². The van der Waals surface area contributed by atoms with Crippen molar-refractivity contribution < 1.29 is 9.53 Å². The molecule has 110 valence electrons. The maximum atomic E-state index is 12.6. The molecule has 1 amide bonds. The van der Waals surface area contributed by atoms with Gasteiger partial charge in [-0.3, -0.25) is 4.79 Å².